The molecule has 0 aliphatic heterocycles. The highest BCUT2D eigenvalue weighted by Crippen LogP contribution is 2.30. The fourth-order valence-electron chi connectivity index (χ4n) is 4.88. The standard InChI is InChI=1S/C36H39Cl2N3O5S/c1-6-33(35(43)39-36(3,4)5)40(23-26-14-15-27(37)22-32(26)38)34(42)24-41(47(44,45)31-20-12-25(2)13-21-31)28-16-18-30(19-17-28)46-29-10-8-7-9-11-29/h7-22,33H,6,23-24H2,1-5H3,(H,39,43). The van der Waals surface area contributed by atoms with Crippen molar-refractivity contribution in [2.24, 2.45) is 0 Å². The van der Waals surface area contributed by atoms with Gasteiger partial charge in [0, 0.05) is 22.1 Å². The number of sulfonamides is 1. The topological polar surface area (TPSA) is 96.0 Å². The Hall–Kier alpha value is -4.05. The number of carbonyl (C=O) groups excluding carboxylic acids is 2. The zero-order chi connectivity index (χ0) is 34.4. The Labute approximate surface area is 287 Å². The number of carbonyl (C=O) groups is 2. The second-order valence-corrected chi connectivity index (χ2v) is 14.9. The molecular weight excluding hydrogens is 657 g/mol. The Morgan fingerprint density at radius 3 is 2.06 bits per heavy atom. The Balaban J connectivity index is 1.75. The van der Waals surface area contributed by atoms with Crippen molar-refractivity contribution >= 4 is 50.7 Å². The second kappa shape index (κ2) is 15.2. The van der Waals surface area contributed by atoms with Crippen LogP contribution in [-0.2, 0) is 26.2 Å². The molecular formula is C36H39Cl2N3O5S. The number of hydrogen-bond acceptors (Lipinski definition) is 5. The Bertz CT molecular complexity index is 1790. The number of aryl methyl sites for hydroxylation is 1. The number of nitrogens with zero attached hydrogens (tertiary/aromatic N) is 2. The molecule has 0 aromatic heterocycles. The third-order valence-corrected chi connectivity index (χ3v) is 9.61. The molecule has 0 saturated carbocycles. The molecule has 1 N–H and O–H groups in total. The summed E-state index contributed by atoms with van der Waals surface area (Å²) in [5, 5.41) is 3.69. The van der Waals surface area contributed by atoms with Crippen LogP contribution in [-0.4, -0.2) is 43.3 Å². The van der Waals surface area contributed by atoms with Crippen molar-refractivity contribution in [3.8, 4) is 11.5 Å². The summed E-state index contributed by atoms with van der Waals surface area (Å²) in [5.74, 6) is 0.152. The van der Waals surface area contributed by atoms with Gasteiger partial charge in [-0.2, -0.15) is 0 Å². The molecule has 0 heterocycles. The van der Waals surface area contributed by atoms with Gasteiger partial charge >= 0.3 is 0 Å². The second-order valence-electron chi connectivity index (χ2n) is 12.2. The lowest BCUT2D eigenvalue weighted by Crippen LogP contribution is -2.55. The predicted molar refractivity (Wildman–Crippen MR) is 188 cm³/mol. The summed E-state index contributed by atoms with van der Waals surface area (Å²) < 4.78 is 35.4. The smallest absolute Gasteiger partial charge is 0.264 e. The lowest BCUT2D eigenvalue weighted by molar-refractivity contribution is -0.141. The number of para-hydroxylation sites is 1. The molecule has 0 spiro atoms. The van der Waals surface area contributed by atoms with Gasteiger partial charge in [0.25, 0.3) is 10.0 Å². The molecule has 248 valence electrons. The maximum absolute atomic E-state index is 14.4. The Morgan fingerprint density at radius 1 is 0.872 bits per heavy atom. The number of rotatable bonds is 12. The number of anilines is 1. The first kappa shape index (κ1) is 35.8. The molecule has 8 nitrogen and oxygen atoms in total. The average Bonchev–Trinajstić information content (AvgIpc) is 3.01. The van der Waals surface area contributed by atoms with E-state index in [9.17, 15) is 18.0 Å². The van der Waals surface area contributed by atoms with E-state index in [0.29, 0.717) is 27.1 Å². The number of ether oxygens (including phenoxy) is 1. The van der Waals surface area contributed by atoms with Crippen LogP contribution in [0.25, 0.3) is 0 Å². The highest BCUT2D eigenvalue weighted by Gasteiger charge is 2.35. The van der Waals surface area contributed by atoms with Gasteiger partial charge in [-0.25, -0.2) is 8.42 Å². The zero-order valence-electron chi connectivity index (χ0n) is 27.0. The maximum atomic E-state index is 14.4. The van der Waals surface area contributed by atoms with Gasteiger partial charge in [-0.05, 0) is 100 Å². The SMILES string of the molecule is CCC(C(=O)NC(C)(C)C)N(Cc1ccc(Cl)cc1Cl)C(=O)CN(c1ccc(Oc2ccccc2)cc1)S(=O)(=O)c1ccc(C)cc1. The summed E-state index contributed by atoms with van der Waals surface area (Å²) in [5.41, 5.74) is 1.12. The molecule has 0 aliphatic rings. The van der Waals surface area contributed by atoms with E-state index in [0.717, 1.165) is 9.87 Å². The minimum Gasteiger partial charge on any atom is -0.457 e. The molecule has 47 heavy (non-hydrogen) atoms. The van der Waals surface area contributed by atoms with Crippen molar-refractivity contribution < 1.29 is 22.7 Å². The summed E-state index contributed by atoms with van der Waals surface area (Å²) in [6, 6.07) is 26.0. The Kier molecular flexibility index (Phi) is 11.6. The van der Waals surface area contributed by atoms with E-state index in [1.54, 1.807) is 61.5 Å². The van der Waals surface area contributed by atoms with Gasteiger partial charge in [0.1, 0.15) is 24.1 Å². The first-order valence-electron chi connectivity index (χ1n) is 15.2. The van der Waals surface area contributed by atoms with Crippen LogP contribution in [0.5, 0.6) is 11.5 Å². The third kappa shape index (κ3) is 9.50. The number of halogens is 2. The third-order valence-electron chi connectivity index (χ3n) is 7.23. The lowest BCUT2D eigenvalue weighted by Gasteiger charge is -2.35. The summed E-state index contributed by atoms with van der Waals surface area (Å²) in [4.78, 5) is 29.3. The van der Waals surface area contributed by atoms with Gasteiger partial charge in [-0.15, -0.1) is 0 Å². The Morgan fingerprint density at radius 2 is 1.49 bits per heavy atom. The van der Waals surface area contributed by atoms with Crippen LogP contribution in [0.2, 0.25) is 10.0 Å². The van der Waals surface area contributed by atoms with Gasteiger partial charge < -0.3 is 15.0 Å². The van der Waals surface area contributed by atoms with Gasteiger partial charge in [0.15, 0.2) is 0 Å². The van der Waals surface area contributed by atoms with Crippen molar-refractivity contribution in [2.75, 3.05) is 10.8 Å². The molecule has 4 rings (SSSR count). The average molecular weight is 697 g/mol. The quantitative estimate of drug-likeness (QED) is 0.162. The van der Waals surface area contributed by atoms with Crippen LogP contribution in [0.15, 0.2) is 102 Å². The first-order valence-corrected chi connectivity index (χ1v) is 17.4. The molecule has 4 aromatic rings. The zero-order valence-corrected chi connectivity index (χ0v) is 29.4. The monoisotopic (exact) mass is 695 g/mol. The number of nitrogens with one attached hydrogen (secondary N) is 1. The minimum absolute atomic E-state index is 0.0188. The molecule has 0 bridgehead atoms. The highest BCUT2D eigenvalue weighted by atomic mass is 35.5. The van der Waals surface area contributed by atoms with E-state index in [-0.39, 0.29) is 29.5 Å². The number of benzene rings is 4. The fraction of sp³-hybridized carbons (Fsp3) is 0.278. The van der Waals surface area contributed by atoms with E-state index in [2.05, 4.69) is 5.32 Å². The van der Waals surface area contributed by atoms with E-state index in [4.69, 9.17) is 27.9 Å². The molecule has 1 atom stereocenters. The summed E-state index contributed by atoms with van der Waals surface area (Å²) >= 11 is 12.6. The van der Waals surface area contributed by atoms with Crippen molar-refractivity contribution in [1.82, 2.24) is 10.2 Å². The predicted octanol–water partition coefficient (Wildman–Crippen LogP) is 8.01. The number of hydrogen-bond donors (Lipinski definition) is 1. The summed E-state index contributed by atoms with van der Waals surface area (Å²) in [6.45, 7) is 8.56. The summed E-state index contributed by atoms with van der Waals surface area (Å²) in [7, 11) is -4.24. The van der Waals surface area contributed by atoms with E-state index in [1.165, 1.54) is 17.0 Å². The molecule has 2 amide bonds. The van der Waals surface area contributed by atoms with Crippen molar-refractivity contribution in [3.63, 3.8) is 0 Å². The van der Waals surface area contributed by atoms with Crippen LogP contribution in [0.4, 0.5) is 5.69 Å². The van der Waals surface area contributed by atoms with Crippen molar-refractivity contribution in [1.29, 1.82) is 0 Å². The fourth-order valence-corrected chi connectivity index (χ4v) is 6.76. The highest BCUT2D eigenvalue weighted by molar-refractivity contribution is 7.92. The molecule has 4 aromatic carbocycles. The van der Waals surface area contributed by atoms with Gasteiger partial charge in [0.05, 0.1) is 10.6 Å². The van der Waals surface area contributed by atoms with Crippen LogP contribution in [0.1, 0.15) is 45.2 Å². The molecule has 1 unspecified atom stereocenters. The van der Waals surface area contributed by atoms with E-state index in [1.807, 2.05) is 58.0 Å². The largest absolute Gasteiger partial charge is 0.457 e. The van der Waals surface area contributed by atoms with Gasteiger partial charge in [0.2, 0.25) is 11.8 Å². The normalized spacial score (nSPS) is 12.2. The van der Waals surface area contributed by atoms with Crippen molar-refractivity contribution in [2.45, 2.75) is 64.1 Å². The molecule has 0 saturated heterocycles. The molecule has 11 heteroatoms. The molecule has 0 aliphatic carbocycles. The minimum atomic E-state index is -4.24. The maximum Gasteiger partial charge on any atom is 0.264 e. The molecule has 0 radical (unpaired) electrons. The summed E-state index contributed by atoms with van der Waals surface area (Å²) in [6.07, 6.45) is 0.273. The van der Waals surface area contributed by atoms with Gasteiger partial charge in [-0.3, -0.25) is 13.9 Å². The molecule has 0 fully saturated rings. The van der Waals surface area contributed by atoms with E-state index >= 15 is 0 Å². The van der Waals surface area contributed by atoms with Crippen LogP contribution in [0.3, 0.4) is 0 Å². The first-order chi connectivity index (χ1) is 22.2. The van der Waals surface area contributed by atoms with Crippen LogP contribution >= 0.6 is 23.2 Å². The number of amides is 2. The van der Waals surface area contributed by atoms with Crippen molar-refractivity contribution in [3.05, 3.63) is 118 Å². The van der Waals surface area contributed by atoms with Crippen LogP contribution < -0.4 is 14.4 Å². The van der Waals surface area contributed by atoms with E-state index < -0.39 is 34.1 Å². The van der Waals surface area contributed by atoms with Crippen LogP contribution in [0, 0.1) is 6.92 Å². The lowest BCUT2D eigenvalue weighted by atomic mass is 10.1. The van der Waals surface area contributed by atoms with Gasteiger partial charge in [-0.1, -0.05) is 72.1 Å².